The van der Waals surface area contributed by atoms with Gasteiger partial charge in [0.15, 0.2) is 0 Å². The molecule has 1 N–H and O–H groups in total. The molecule has 1 aliphatic heterocycles. The van der Waals surface area contributed by atoms with Crippen molar-refractivity contribution in [1.29, 1.82) is 0 Å². The number of amides is 1. The number of methoxy groups -OCH3 is 1. The average molecular weight is 341 g/mol. The average Bonchev–Trinajstić information content (AvgIpc) is 2.68. The first-order valence-corrected chi connectivity index (χ1v) is 8.41. The van der Waals surface area contributed by atoms with Crippen LogP contribution in [0.3, 0.4) is 0 Å². The smallest absolute Gasteiger partial charge is 0.261 e. The van der Waals surface area contributed by atoms with Crippen molar-refractivity contribution in [2.75, 3.05) is 38.7 Å². The molecule has 1 aromatic heterocycles. The molecule has 3 rings (SSSR count). The van der Waals surface area contributed by atoms with Gasteiger partial charge in [-0.25, -0.2) is 4.98 Å². The van der Waals surface area contributed by atoms with Crippen LogP contribution >= 0.6 is 0 Å². The van der Waals surface area contributed by atoms with E-state index < -0.39 is 0 Å². The van der Waals surface area contributed by atoms with Crippen LogP contribution in [-0.4, -0.2) is 49.2 Å². The molecule has 1 amide bonds. The maximum absolute atomic E-state index is 12.4. The molecule has 2 aromatic rings. The van der Waals surface area contributed by atoms with Gasteiger partial charge in [-0.05, 0) is 36.8 Å². The second-order valence-corrected chi connectivity index (χ2v) is 5.96. The minimum absolute atomic E-state index is 0.237. The molecule has 0 unspecified atom stereocenters. The van der Waals surface area contributed by atoms with Gasteiger partial charge in [0.05, 0.1) is 20.3 Å². The number of rotatable bonds is 5. The zero-order chi connectivity index (χ0) is 17.6. The van der Waals surface area contributed by atoms with E-state index in [1.165, 1.54) is 12.7 Å². The number of nitrogens with zero attached hydrogens (tertiary/aromatic N) is 2. The molecule has 1 atom stereocenters. The molecular weight excluding hydrogens is 318 g/mol. The number of carbonyl (C=O) groups excluding carboxylic acids is 1. The van der Waals surface area contributed by atoms with Crippen LogP contribution < -0.4 is 10.1 Å². The number of aromatic nitrogens is 1. The number of benzene rings is 1. The lowest BCUT2D eigenvalue weighted by molar-refractivity contribution is 0.0198. The Hall–Kier alpha value is -2.44. The van der Waals surface area contributed by atoms with Gasteiger partial charge < -0.3 is 14.8 Å². The van der Waals surface area contributed by atoms with Crippen LogP contribution in [0.5, 0.6) is 5.88 Å². The number of morpholine rings is 1. The fourth-order valence-electron chi connectivity index (χ4n) is 2.95. The minimum atomic E-state index is -0.237. The molecule has 2 heterocycles. The summed E-state index contributed by atoms with van der Waals surface area (Å²) < 4.78 is 10.5. The Morgan fingerprint density at radius 2 is 1.96 bits per heavy atom. The summed E-state index contributed by atoms with van der Waals surface area (Å²) in [5.74, 6) is 0.0801. The molecular formula is C19H23N3O3. The lowest BCUT2D eigenvalue weighted by atomic mass is 10.1. The molecule has 0 spiro atoms. The largest absolute Gasteiger partial charge is 0.480 e. The highest BCUT2D eigenvalue weighted by molar-refractivity contribution is 6.05. The Morgan fingerprint density at radius 3 is 2.64 bits per heavy atom. The van der Waals surface area contributed by atoms with E-state index in [0.717, 1.165) is 32.0 Å². The second-order valence-electron chi connectivity index (χ2n) is 5.96. The van der Waals surface area contributed by atoms with E-state index in [1.807, 2.05) is 12.1 Å². The van der Waals surface area contributed by atoms with E-state index in [0.29, 0.717) is 17.5 Å². The first kappa shape index (κ1) is 17.4. The van der Waals surface area contributed by atoms with Gasteiger partial charge in [0, 0.05) is 31.0 Å². The molecule has 6 heteroatoms. The molecule has 0 saturated carbocycles. The quantitative estimate of drug-likeness (QED) is 0.906. The third kappa shape index (κ3) is 4.15. The van der Waals surface area contributed by atoms with Gasteiger partial charge in [0.25, 0.3) is 5.91 Å². The Labute approximate surface area is 147 Å². The number of nitrogens with one attached hydrogen (secondary N) is 1. The first-order valence-electron chi connectivity index (χ1n) is 8.41. The molecule has 132 valence electrons. The van der Waals surface area contributed by atoms with E-state index in [2.05, 4.69) is 34.3 Å². The van der Waals surface area contributed by atoms with Crippen molar-refractivity contribution in [3.63, 3.8) is 0 Å². The summed E-state index contributed by atoms with van der Waals surface area (Å²) in [5.41, 5.74) is 2.38. The van der Waals surface area contributed by atoms with Gasteiger partial charge in [-0.1, -0.05) is 12.1 Å². The lowest BCUT2D eigenvalue weighted by Crippen LogP contribution is -2.37. The number of carbonyl (C=O) groups is 1. The Morgan fingerprint density at radius 1 is 1.24 bits per heavy atom. The van der Waals surface area contributed by atoms with Gasteiger partial charge in [-0.15, -0.1) is 0 Å². The first-order chi connectivity index (χ1) is 12.2. The number of pyridine rings is 1. The van der Waals surface area contributed by atoms with Crippen LogP contribution in [0.2, 0.25) is 0 Å². The highest BCUT2D eigenvalue weighted by Crippen LogP contribution is 2.23. The molecule has 6 nitrogen and oxygen atoms in total. The minimum Gasteiger partial charge on any atom is -0.480 e. The van der Waals surface area contributed by atoms with Crippen molar-refractivity contribution in [2.24, 2.45) is 0 Å². The van der Waals surface area contributed by atoms with Gasteiger partial charge in [-0.2, -0.15) is 0 Å². The molecule has 0 bridgehead atoms. The van der Waals surface area contributed by atoms with Crippen molar-refractivity contribution >= 4 is 11.6 Å². The Bertz CT molecular complexity index is 712. The molecule has 1 aromatic carbocycles. The molecule has 25 heavy (non-hydrogen) atoms. The highest BCUT2D eigenvalue weighted by Gasteiger charge is 2.18. The summed E-state index contributed by atoms with van der Waals surface area (Å²) in [6.07, 6.45) is 1.59. The summed E-state index contributed by atoms with van der Waals surface area (Å²) >= 11 is 0. The lowest BCUT2D eigenvalue weighted by Gasteiger charge is -2.32. The summed E-state index contributed by atoms with van der Waals surface area (Å²) in [7, 11) is 1.50. The zero-order valence-corrected chi connectivity index (χ0v) is 14.6. The SMILES string of the molecule is COc1ncccc1C(=O)Nc1ccc([C@H](C)N2CCOCC2)cc1. The van der Waals surface area contributed by atoms with Crippen LogP contribution in [0.15, 0.2) is 42.6 Å². The fourth-order valence-corrected chi connectivity index (χ4v) is 2.95. The van der Waals surface area contributed by atoms with Gasteiger partial charge in [0.2, 0.25) is 5.88 Å². The van der Waals surface area contributed by atoms with E-state index in [1.54, 1.807) is 18.3 Å². The van der Waals surface area contributed by atoms with Gasteiger partial charge >= 0.3 is 0 Å². The molecule has 1 saturated heterocycles. The fraction of sp³-hybridized carbons (Fsp3) is 0.368. The maximum atomic E-state index is 12.4. The van der Waals surface area contributed by atoms with Crippen LogP contribution in [0, 0.1) is 0 Å². The molecule has 1 aliphatic rings. The van der Waals surface area contributed by atoms with E-state index in [9.17, 15) is 4.79 Å². The topological polar surface area (TPSA) is 63.7 Å². The van der Waals surface area contributed by atoms with Gasteiger partial charge in [-0.3, -0.25) is 9.69 Å². The monoisotopic (exact) mass is 341 g/mol. The van der Waals surface area contributed by atoms with Crippen LogP contribution in [-0.2, 0) is 4.74 Å². The predicted octanol–water partition coefficient (Wildman–Crippen LogP) is 2.74. The maximum Gasteiger partial charge on any atom is 0.261 e. The van der Waals surface area contributed by atoms with Crippen molar-refractivity contribution < 1.29 is 14.3 Å². The number of hydrogen-bond acceptors (Lipinski definition) is 5. The number of hydrogen-bond donors (Lipinski definition) is 1. The van der Waals surface area contributed by atoms with E-state index in [4.69, 9.17) is 9.47 Å². The summed E-state index contributed by atoms with van der Waals surface area (Å²) in [6.45, 7) is 5.65. The predicted molar refractivity (Wildman–Crippen MR) is 96.0 cm³/mol. The summed E-state index contributed by atoms with van der Waals surface area (Å²) in [4.78, 5) is 18.9. The Kier molecular flexibility index (Phi) is 5.63. The molecule has 0 radical (unpaired) electrons. The third-order valence-corrected chi connectivity index (χ3v) is 4.45. The van der Waals surface area contributed by atoms with Crippen LogP contribution in [0.4, 0.5) is 5.69 Å². The number of anilines is 1. The van der Waals surface area contributed by atoms with E-state index in [-0.39, 0.29) is 5.91 Å². The molecule has 0 aliphatic carbocycles. The van der Waals surface area contributed by atoms with Crippen molar-refractivity contribution in [2.45, 2.75) is 13.0 Å². The standard InChI is InChI=1S/C19H23N3O3/c1-14(22-10-12-25-13-11-22)15-5-7-16(8-6-15)21-18(23)17-4-3-9-20-19(17)24-2/h3-9,14H,10-13H2,1-2H3,(H,21,23)/t14-/m0/s1. The normalized spacial score (nSPS) is 16.2. The molecule has 1 fully saturated rings. The number of ether oxygens (including phenoxy) is 2. The van der Waals surface area contributed by atoms with Crippen molar-refractivity contribution in [3.05, 3.63) is 53.7 Å². The zero-order valence-electron chi connectivity index (χ0n) is 14.6. The summed E-state index contributed by atoms with van der Waals surface area (Å²) in [5, 5.41) is 2.89. The van der Waals surface area contributed by atoms with E-state index >= 15 is 0 Å². The third-order valence-electron chi connectivity index (χ3n) is 4.45. The van der Waals surface area contributed by atoms with Gasteiger partial charge in [0.1, 0.15) is 5.56 Å². The summed E-state index contributed by atoms with van der Waals surface area (Å²) in [6, 6.07) is 11.7. The van der Waals surface area contributed by atoms with Crippen LogP contribution in [0.1, 0.15) is 28.9 Å². The van der Waals surface area contributed by atoms with Crippen LogP contribution in [0.25, 0.3) is 0 Å². The second kappa shape index (κ2) is 8.09. The van der Waals surface area contributed by atoms with Crippen molar-refractivity contribution in [1.82, 2.24) is 9.88 Å². The van der Waals surface area contributed by atoms with Crippen molar-refractivity contribution in [3.8, 4) is 5.88 Å². The Balaban J connectivity index is 1.67. The highest BCUT2D eigenvalue weighted by atomic mass is 16.5.